The van der Waals surface area contributed by atoms with E-state index >= 15 is 0 Å². The van der Waals surface area contributed by atoms with Crippen LogP contribution in [-0.4, -0.2) is 31.1 Å². The van der Waals surface area contributed by atoms with Crippen LogP contribution in [-0.2, 0) is 4.79 Å². The number of benzene rings is 2. The van der Waals surface area contributed by atoms with Crippen LogP contribution in [0.4, 0.5) is 0 Å². The van der Waals surface area contributed by atoms with Crippen molar-refractivity contribution in [2.75, 3.05) is 14.2 Å². The first-order valence-electron chi connectivity index (χ1n) is 10.4. The highest BCUT2D eigenvalue weighted by Gasteiger charge is 2.35. The minimum Gasteiger partial charge on any atom is -0.493 e. The predicted octanol–water partition coefficient (Wildman–Crippen LogP) is 5.96. The second-order valence-corrected chi connectivity index (χ2v) is 8.15. The topological polar surface area (TPSA) is 38.8 Å². The summed E-state index contributed by atoms with van der Waals surface area (Å²) in [6.45, 7) is 0. The van der Waals surface area contributed by atoms with E-state index in [2.05, 4.69) is 0 Å². The number of amides is 1. The Morgan fingerprint density at radius 2 is 1.67 bits per heavy atom. The van der Waals surface area contributed by atoms with E-state index in [0.29, 0.717) is 22.1 Å². The van der Waals surface area contributed by atoms with Crippen molar-refractivity contribution >= 4 is 29.3 Å². The first-order chi connectivity index (χ1) is 14.6. The number of methoxy groups -OCH3 is 2. The molecule has 1 fully saturated rings. The molecular formula is C25H26ClNO3. The molecular weight excluding hydrogens is 398 g/mol. The minimum absolute atomic E-state index is 0.0571. The standard InChI is InChI=1S/C25H26ClNO3/c1-29-23-13-8-17(15-24(23)30-2)14-19-16-22(18-9-11-20(26)12-10-18)27(25(19)28)21-6-4-3-5-7-21/h8-16,21H,3-7H2,1-2H3/b19-14+. The largest absolute Gasteiger partial charge is 0.493 e. The highest BCUT2D eigenvalue weighted by molar-refractivity contribution is 6.30. The third-order valence-corrected chi connectivity index (χ3v) is 6.08. The second-order valence-electron chi connectivity index (χ2n) is 7.72. The van der Waals surface area contributed by atoms with Gasteiger partial charge in [-0.1, -0.05) is 49.1 Å². The van der Waals surface area contributed by atoms with Gasteiger partial charge in [0.15, 0.2) is 11.5 Å². The Balaban J connectivity index is 1.73. The number of carbonyl (C=O) groups is 1. The van der Waals surface area contributed by atoms with Crippen LogP contribution in [0.3, 0.4) is 0 Å². The van der Waals surface area contributed by atoms with E-state index in [1.54, 1.807) is 14.2 Å². The summed E-state index contributed by atoms with van der Waals surface area (Å²) in [7, 11) is 3.22. The fourth-order valence-electron chi connectivity index (χ4n) is 4.30. The highest BCUT2D eigenvalue weighted by Crippen LogP contribution is 2.37. The van der Waals surface area contributed by atoms with E-state index in [0.717, 1.165) is 42.5 Å². The van der Waals surface area contributed by atoms with Crippen molar-refractivity contribution in [1.82, 2.24) is 4.90 Å². The first-order valence-corrected chi connectivity index (χ1v) is 10.7. The fourth-order valence-corrected chi connectivity index (χ4v) is 4.42. The first kappa shape index (κ1) is 20.5. The number of nitrogens with zero attached hydrogens (tertiary/aromatic N) is 1. The van der Waals surface area contributed by atoms with Crippen LogP contribution in [0.1, 0.15) is 43.2 Å². The van der Waals surface area contributed by atoms with E-state index in [1.807, 2.05) is 59.5 Å². The van der Waals surface area contributed by atoms with Gasteiger partial charge in [0.1, 0.15) is 0 Å². The third-order valence-electron chi connectivity index (χ3n) is 5.83. The molecule has 5 heteroatoms. The lowest BCUT2D eigenvalue weighted by Crippen LogP contribution is -2.37. The summed E-state index contributed by atoms with van der Waals surface area (Å²) < 4.78 is 10.7. The molecule has 1 amide bonds. The molecule has 0 saturated heterocycles. The zero-order valence-corrected chi connectivity index (χ0v) is 18.1. The Kier molecular flexibility index (Phi) is 6.14. The zero-order valence-electron chi connectivity index (χ0n) is 17.4. The van der Waals surface area contributed by atoms with Gasteiger partial charge >= 0.3 is 0 Å². The van der Waals surface area contributed by atoms with Gasteiger partial charge in [0, 0.05) is 16.6 Å². The fraction of sp³-hybridized carbons (Fsp3) is 0.320. The third kappa shape index (κ3) is 4.10. The van der Waals surface area contributed by atoms with Crippen molar-refractivity contribution in [1.29, 1.82) is 0 Å². The average Bonchev–Trinajstić information content (AvgIpc) is 3.10. The molecule has 2 aromatic rings. The van der Waals surface area contributed by atoms with E-state index in [4.69, 9.17) is 21.1 Å². The van der Waals surface area contributed by atoms with E-state index in [9.17, 15) is 4.79 Å². The Bertz CT molecular complexity index is 988. The molecule has 4 nitrogen and oxygen atoms in total. The van der Waals surface area contributed by atoms with Crippen molar-refractivity contribution in [2.24, 2.45) is 0 Å². The van der Waals surface area contributed by atoms with Crippen LogP contribution in [0.2, 0.25) is 5.02 Å². The maximum absolute atomic E-state index is 13.5. The van der Waals surface area contributed by atoms with E-state index in [1.165, 1.54) is 6.42 Å². The van der Waals surface area contributed by atoms with Crippen molar-refractivity contribution in [3.63, 3.8) is 0 Å². The monoisotopic (exact) mass is 423 g/mol. The number of carbonyl (C=O) groups excluding carboxylic acids is 1. The Labute approximate surface area is 182 Å². The van der Waals surface area contributed by atoms with Gasteiger partial charge in [-0.15, -0.1) is 0 Å². The lowest BCUT2D eigenvalue weighted by Gasteiger charge is -2.33. The molecule has 0 unspecified atom stereocenters. The van der Waals surface area contributed by atoms with Crippen LogP contribution in [0, 0.1) is 0 Å². The van der Waals surface area contributed by atoms with Crippen LogP contribution in [0.15, 0.2) is 54.1 Å². The maximum atomic E-state index is 13.5. The Morgan fingerprint density at radius 3 is 2.33 bits per heavy atom. The molecule has 0 N–H and O–H groups in total. The van der Waals surface area contributed by atoms with E-state index < -0.39 is 0 Å². The predicted molar refractivity (Wildman–Crippen MR) is 121 cm³/mol. The van der Waals surface area contributed by atoms with Crippen molar-refractivity contribution in [2.45, 2.75) is 38.1 Å². The van der Waals surface area contributed by atoms with Gasteiger partial charge in [0.2, 0.25) is 0 Å². The SMILES string of the molecule is COc1ccc(/C=C2\C=C(c3ccc(Cl)cc3)N(C3CCCCC3)C2=O)cc1OC. The summed E-state index contributed by atoms with van der Waals surface area (Å²) in [5.74, 6) is 1.36. The number of hydrogen-bond acceptors (Lipinski definition) is 3. The molecule has 156 valence electrons. The van der Waals surface area contributed by atoms with Crippen LogP contribution < -0.4 is 9.47 Å². The molecule has 2 aliphatic rings. The smallest absolute Gasteiger partial charge is 0.258 e. The van der Waals surface area contributed by atoms with Crippen molar-refractivity contribution in [3.8, 4) is 11.5 Å². The molecule has 0 spiro atoms. The molecule has 4 rings (SSSR count). The molecule has 30 heavy (non-hydrogen) atoms. The number of hydrogen-bond donors (Lipinski definition) is 0. The highest BCUT2D eigenvalue weighted by atomic mass is 35.5. The van der Waals surface area contributed by atoms with E-state index in [-0.39, 0.29) is 11.9 Å². The van der Waals surface area contributed by atoms with Gasteiger partial charge in [-0.3, -0.25) is 4.79 Å². The molecule has 0 aromatic heterocycles. The summed E-state index contributed by atoms with van der Waals surface area (Å²) in [4.78, 5) is 15.5. The number of ether oxygens (including phenoxy) is 2. The molecule has 1 aliphatic carbocycles. The Morgan fingerprint density at radius 1 is 0.967 bits per heavy atom. The van der Waals surface area contributed by atoms with Gasteiger partial charge in [-0.05, 0) is 60.4 Å². The van der Waals surface area contributed by atoms with Crippen LogP contribution in [0.25, 0.3) is 11.8 Å². The van der Waals surface area contributed by atoms with Crippen LogP contribution in [0.5, 0.6) is 11.5 Å². The molecule has 1 aliphatic heterocycles. The summed E-state index contributed by atoms with van der Waals surface area (Å²) in [5.41, 5.74) is 3.54. The van der Waals surface area contributed by atoms with Gasteiger partial charge in [-0.25, -0.2) is 0 Å². The van der Waals surface area contributed by atoms with Gasteiger partial charge < -0.3 is 14.4 Å². The number of rotatable bonds is 5. The van der Waals surface area contributed by atoms with Crippen molar-refractivity contribution < 1.29 is 14.3 Å². The zero-order chi connectivity index (χ0) is 21.1. The minimum atomic E-state index is 0.0571. The van der Waals surface area contributed by atoms with Crippen LogP contribution >= 0.6 is 11.6 Å². The quantitative estimate of drug-likeness (QED) is 0.557. The summed E-state index contributed by atoms with van der Waals surface area (Å²) in [6, 6.07) is 13.6. The molecule has 0 radical (unpaired) electrons. The second kappa shape index (κ2) is 8.97. The summed E-state index contributed by atoms with van der Waals surface area (Å²) in [6.07, 6.45) is 9.57. The molecule has 0 bridgehead atoms. The Hall–Kier alpha value is -2.72. The molecule has 0 atom stereocenters. The van der Waals surface area contributed by atoms with Gasteiger partial charge in [0.25, 0.3) is 5.91 Å². The number of halogens is 1. The summed E-state index contributed by atoms with van der Waals surface area (Å²) in [5, 5.41) is 0.689. The summed E-state index contributed by atoms with van der Waals surface area (Å²) >= 11 is 6.09. The van der Waals surface area contributed by atoms with Gasteiger partial charge in [0.05, 0.1) is 19.9 Å². The lowest BCUT2D eigenvalue weighted by molar-refractivity contribution is -0.125. The van der Waals surface area contributed by atoms with Gasteiger partial charge in [-0.2, -0.15) is 0 Å². The normalized spacial score (nSPS) is 18.6. The molecule has 1 saturated carbocycles. The average molecular weight is 424 g/mol. The maximum Gasteiger partial charge on any atom is 0.258 e. The lowest BCUT2D eigenvalue weighted by atomic mass is 9.93. The van der Waals surface area contributed by atoms with Crippen molar-refractivity contribution in [3.05, 3.63) is 70.3 Å². The molecule has 2 aromatic carbocycles. The molecule has 1 heterocycles.